The summed E-state index contributed by atoms with van der Waals surface area (Å²) in [6.07, 6.45) is 8.18. The summed E-state index contributed by atoms with van der Waals surface area (Å²) in [5.74, 6) is 0. The summed E-state index contributed by atoms with van der Waals surface area (Å²) in [4.78, 5) is 11.8. The van der Waals surface area contributed by atoms with Crippen LogP contribution in [0.5, 0.6) is 0 Å². The van der Waals surface area contributed by atoms with Crippen LogP contribution in [-0.4, -0.2) is 39.4 Å². The van der Waals surface area contributed by atoms with Gasteiger partial charge in [-0.2, -0.15) is 10.4 Å². The molecule has 0 saturated carbocycles. The number of nitrogens with one attached hydrogen (secondary N) is 1. The summed E-state index contributed by atoms with van der Waals surface area (Å²) in [6, 6.07) is 10.3. The van der Waals surface area contributed by atoms with Gasteiger partial charge in [-0.25, -0.2) is 18.4 Å². The first-order valence-corrected chi connectivity index (χ1v) is 10.4. The number of rotatable bonds is 5. The van der Waals surface area contributed by atoms with E-state index < -0.39 is 9.84 Å². The zero-order valence-electron chi connectivity index (χ0n) is 14.9. The van der Waals surface area contributed by atoms with Gasteiger partial charge in [0.05, 0.1) is 35.3 Å². The van der Waals surface area contributed by atoms with Crippen molar-refractivity contribution < 1.29 is 8.42 Å². The molecule has 8 nitrogen and oxygen atoms in total. The van der Waals surface area contributed by atoms with E-state index in [1.165, 1.54) is 6.33 Å². The molecule has 0 saturated heterocycles. The summed E-state index contributed by atoms with van der Waals surface area (Å²) >= 11 is 0. The lowest BCUT2D eigenvalue weighted by Gasteiger charge is -2.15. The Labute approximate surface area is 161 Å². The Kier molecular flexibility index (Phi) is 4.41. The van der Waals surface area contributed by atoms with Crippen molar-refractivity contribution in [2.75, 3.05) is 6.26 Å². The van der Waals surface area contributed by atoms with Gasteiger partial charge in [0, 0.05) is 29.6 Å². The third-order valence-electron chi connectivity index (χ3n) is 4.53. The Balaban J connectivity index is 1.72. The second kappa shape index (κ2) is 6.90. The lowest BCUT2D eigenvalue weighted by atomic mass is 10.0. The summed E-state index contributed by atoms with van der Waals surface area (Å²) < 4.78 is 25.0. The molecule has 0 bridgehead atoms. The minimum Gasteiger partial charge on any atom is -0.346 e. The molecule has 1 aromatic carbocycles. The van der Waals surface area contributed by atoms with Crippen molar-refractivity contribution >= 4 is 20.9 Å². The maximum Gasteiger partial charge on any atom is 0.175 e. The average molecular weight is 392 g/mol. The van der Waals surface area contributed by atoms with Gasteiger partial charge in [-0.1, -0.05) is 12.1 Å². The van der Waals surface area contributed by atoms with Gasteiger partial charge in [-0.05, 0) is 23.8 Å². The van der Waals surface area contributed by atoms with Gasteiger partial charge >= 0.3 is 0 Å². The van der Waals surface area contributed by atoms with E-state index in [0.717, 1.165) is 34.1 Å². The molecule has 0 fully saturated rings. The Morgan fingerprint density at radius 3 is 2.71 bits per heavy atom. The molecule has 0 aliphatic carbocycles. The predicted molar refractivity (Wildman–Crippen MR) is 103 cm³/mol. The van der Waals surface area contributed by atoms with Crippen molar-refractivity contribution in [2.45, 2.75) is 17.4 Å². The monoisotopic (exact) mass is 392 g/mol. The maximum absolute atomic E-state index is 11.7. The van der Waals surface area contributed by atoms with Crippen molar-refractivity contribution in [3.63, 3.8) is 0 Å². The van der Waals surface area contributed by atoms with Gasteiger partial charge in [0.25, 0.3) is 0 Å². The van der Waals surface area contributed by atoms with Crippen molar-refractivity contribution in [1.29, 1.82) is 5.26 Å². The predicted octanol–water partition coefficient (Wildman–Crippen LogP) is 2.73. The molecule has 1 N–H and O–H groups in total. The fourth-order valence-corrected chi connectivity index (χ4v) is 3.75. The molecule has 4 rings (SSSR count). The molecule has 140 valence electrons. The molecule has 4 aromatic rings. The highest BCUT2D eigenvalue weighted by molar-refractivity contribution is 7.90. The summed E-state index contributed by atoms with van der Waals surface area (Å²) in [5.41, 5.74) is 3.10. The van der Waals surface area contributed by atoms with Crippen molar-refractivity contribution in [3.05, 3.63) is 60.8 Å². The molecule has 3 aromatic heterocycles. The Hall–Kier alpha value is -3.51. The fraction of sp³-hybridized carbons (Fsp3) is 0.158. The van der Waals surface area contributed by atoms with E-state index >= 15 is 0 Å². The largest absolute Gasteiger partial charge is 0.346 e. The van der Waals surface area contributed by atoms with Gasteiger partial charge in [-0.15, -0.1) is 0 Å². The molecule has 1 unspecified atom stereocenters. The second-order valence-electron chi connectivity index (χ2n) is 6.39. The van der Waals surface area contributed by atoms with E-state index in [2.05, 4.69) is 26.1 Å². The second-order valence-corrected chi connectivity index (χ2v) is 8.41. The Morgan fingerprint density at radius 1 is 1.21 bits per heavy atom. The van der Waals surface area contributed by atoms with Crippen molar-refractivity contribution in [1.82, 2.24) is 24.7 Å². The minimum atomic E-state index is -3.27. The van der Waals surface area contributed by atoms with Gasteiger partial charge in [0.1, 0.15) is 12.0 Å². The third-order valence-corrected chi connectivity index (χ3v) is 5.65. The van der Waals surface area contributed by atoms with Crippen molar-refractivity contribution in [3.8, 4) is 17.3 Å². The highest BCUT2D eigenvalue weighted by atomic mass is 32.2. The minimum absolute atomic E-state index is 0.197. The van der Waals surface area contributed by atoms with Crippen LogP contribution in [0.4, 0.5) is 0 Å². The van der Waals surface area contributed by atoms with Gasteiger partial charge in [0.15, 0.2) is 9.84 Å². The van der Waals surface area contributed by atoms with Crippen LogP contribution in [0.15, 0.2) is 60.1 Å². The zero-order valence-corrected chi connectivity index (χ0v) is 15.8. The molecule has 0 radical (unpaired) electrons. The van der Waals surface area contributed by atoms with Gasteiger partial charge < -0.3 is 4.98 Å². The van der Waals surface area contributed by atoms with E-state index in [9.17, 15) is 13.7 Å². The molecule has 0 amide bonds. The topological polar surface area (TPSA) is 117 Å². The fourth-order valence-electron chi connectivity index (χ4n) is 3.12. The summed E-state index contributed by atoms with van der Waals surface area (Å²) in [7, 11) is -3.27. The highest BCUT2D eigenvalue weighted by Gasteiger charge is 2.18. The molecule has 1 atom stereocenters. The number of fused-ring (bicyclic) bond motifs is 1. The van der Waals surface area contributed by atoms with Crippen LogP contribution in [0.2, 0.25) is 0 Å². The van der Waals surface area contributed by atoms with E-state index in [4.69, 9.17) is 0 Å². The van der Waals surface area contributed by atoms with Crippen LogP contribution >= 0.6 is 0 Å². The molecule has 9 heteroatoms. The lowest BCUT2D eigenvalue weighted by molar-refractivity contribution is 0.532. The number of sulfone groups is 1. The van der Waals surface area contributed by atoms with Crippen LogP contribution in [0.1, 0.15) is 18.0 Å². The molecular formula is C19H16N6O2S. The molecule has 0 aliphatic rings. The average Bonchev–Trinajstić information content (AvgIpc) is 3.34. The van der Waals surface area contributed by atoms with Gasteiger partial charge in [-0.3, -0.25) is 4.68 Å². The normalized spacial score (nSPS) is 12.7. The first kappa shape index (κ1) is 17.9. The number of hydrogen-bond donors (Lipinski definition) is 1. The molecule has 28 heavy (non-hydrogen) atoms. The Morgan fingerprint density at radius 2 is 2.00 bits per heavy atom. The number of benzene rings is 1. The van der Waals surface area contributed by atoms with E-state index in [-0.39, 0.29) is 17.4 Å². The number of H-pyrrole nitrogens is 1. The number of aromatic nitrogens is 5. The smallest absolute Gasteiger partial charge is 0.175 e. The summed E-state index contributed by atoms with van der Waals surface area (Å²) in [6.45, 7) is 0. The quantitative estimate of drug-likeness (QED) is 0.558. The molecule has 0 aliphatic heterocycles. The first-order valence-electron chi connectivity index (χ1n) is 8.47. The number of nitriles is 1. The SMILES string of the molecule is CS(=O)(=O)c1ccc(C(CC#N)n2cc(-c3ncnc4[nH]ccc34)cn2)cc1. The number of aromatic amines is 1. The maximum atomic E-state index is 11.7. The Bertz CT molecular complexity index is 1280. The zero-order chi connectivity index (χ0) is 19.7. The standard InChI is InChI=1S/C19H16N6O2S/c1-28(26,27)15-4-2-13(3-5-15)17(6-8-20)25-11-14(10-24-25)18-16-7-9-21-19(16)23-12-22-18/h2-5,7,9-12,17H,6H2,1H3,(H,21,22,23). The van der Waals surface area contributed by atoms with E-state index in [1.807, 2.05) is 12.3 Å². The lowest BCUT2D eigenvalue weighted by Crippen LogP contribution is -2.11. The van der Waals surface area contributed by atoms with E-state index in [0.29, 0.717) is 0 Å². The number of hydrogen-bond acceptors (Lipinski definition) is 6. The van der Waals surface area contributed by atoms with E-state index in [1.54, 1.807) is 41.3 Å². The van der Waals surface area contributed by atoms with Crippen LogP contribution < -0.4 is 0 Å². The first-order chi connectivity index (χ1) is 13.5. The highest BCUT2D eigenvalue weighted by Crippen LogP contribution is 2.28. The van der Waals surface area contributed by atoms with Crippen LogP contribution in [0.25, 0.3) is 22.3 Å². The number of nitrogens with zero attached hydrogens (tertiary/aromatic N) is 5. The molecular weight excluding hydrogens is 376 g/mol. The summed E-state index contributed by atoms with van der Waals surface area (Å²) in [5, 5.41) is 14.6. The van der Waals surface area contributed by atoms with Crippen LogP contribution in [0.3, 0.4) is 0 Å². The van der Waals surface area contributed by atoms with Gasteiger partial charge in [0.2, 0.25) is 0 Å². The van der Waals surface area contributed by atoms with Crippen LogP contribution in [-0.2, 0) is 9.84 Å². The van der Waals surface area contributed by atoms with Crippen molar-refractivity contribution in [2.24, 2.45) is 0 Å². The third kappa shape index (κ3) is 3.25. The van der Waals surface area contributed by atoms with Crippen LogP contribution in [0, 0.1) is 11.3 Å². The molecule has 3 heterocycles. The molecule has 0 spiro atoms.